The fourth-order valence-corrected chi connectivity index (χ4v) is 1.13. The Morgan fingerprint density at radius 1 is 1.25 bits per heavy atom. The molecule has 0 radical (unpaired) electrons. The molecule has 1 aromatic rings. The van der Waals surface area contributed by atoms with Gasteiger partial charge in [-0.3, -0.25) is 0 Å². The molecule has 0 aliphatic rings. The van der Waals surface area contributed by atoms with Crippen molar-refractivity contribution in [3.8, 4) is 0 Å². The van der Waals surface area contributed by atoms with E-state index in [9.17, 15) is 4.39 Å². The van der Waals surface area contributed by atoms with Crippen LogP contribution in [-0.2, 0) is 0 Å². The number of thioether (sulfide) groups is 1. The van der Waals surface area contributed by atoms with Crippen LogP contribution in [0.15, 0.2) is 23.1 Å². The van der Waals surface area contributed by atoms with Gasteiger partial charge in [0.2, 0.25) is 0 Å². The van der Waals surface area contributed by atoms with Gasteiger partial charge in [-0.25, -0.2) is 4.39 Å². The van der Waals surface area contributed by atoms with E-state index in [-0.39, 0.29) is 5.82 Å². The van der Waals surface area contributed by atoms with E-state index in [4.69, 9.17) is 0 Å². The van der Waals surface area contributed by atoms with Crippen LogP contribution >= 0.6 is 11.8 Å². The fraction of sp³-hybridized carbons (Fsp3) is 0.400. The van der Waals surface area contributed by atoms with Gasteiger partial charge in [-0.2, -0.15) is 0 Å². The zero-order valence-corrected chi connectivity index (χ0v) is 8.83. The van der Waals surface area contributed by atoms with Gasteiger partial charge >= 0.3 is 0 Å². The van der Waals surface area contributed by atoms with Crippen LogP contribution in [0.5, 0.6) is 0 Å². The Balaban J connectivity index is 0.000000561. The van der Waals surface area contributed by atoms with Crippen LogP contribution in [0.25, 0.3) is 0 Å². The monoisotopic (exact) mass is 186 g/mol. The van der Waals surface area contributed by atoms with E-state index in [1.165, 1.54) is 0 Å². The third-order valence-electron chi connectivity index (χ3n) is 1.38. The minimum Gasteiger partial charge on any atom is -0.207 e. The Kier molecular flexibility index (Phi) is 5.81. The molecule has 0 heterocycles. The highest BCUT2D eigenvalue weighted by Crippen LogP contribution is 2.17. The first-order valence-corrected chi connectivity index (χ1v) is 5.26. The molecular formula is C10H15FS. The Labute approximate surface area is 78.2 Å². The highest BCUT2D eigenvalue weighted by atomic mass is 32.2. The van der Waals surface area contributed by atoms with Gasteiger partial charge in [-0.05, 0) is 30.9 Å². The molecule has 0 unspecified atom stereocenters. The average molecular weight is 186 g/mol. The number of hydrogen-bond acceptors (Lipinski definition) is 1. The Bertz CT molecular complexity index is 233. The van der Waals surface area contributed by atoms with Crippen molar-refractivity contribution in [1.82, 2.24) is 0 Å². The zero-order chi connectivity index (χ0) is 9.56. The van der Waals surface area contributed by atoms with Gasteiger partial charge < -0.3 is 0 Å². The second-order valence-corrected chi connectivity index (χ2v) is 2.99. The van der Waals surface area contributed by atoms with E-state index in [1.54, 1.807) is 30.8 Å². The predicted octanol–water partition coefficient (Wildman–Crippen LogP) is 3.88. The van der Waals surface area contributed by atoms with Gasteiger partial charge in [0.05, 0.1) is 0 Å². The van der Waals surface area contributed by atoms with Crippen molar-refractivity contribution in [1.29, 1.82) is 0 Å². The summed E-state index contributed by atoms with van der Waals surface area (Å²) in [6.07, 6.45) is 1.93. The molecular weight excluding hydrogens is 171 g/mol. The second-order valence-electron chi connectivity index (χ2n) is 2.12. The van der Waals surface area contributed by atoms with Gasteiger partial charge in [0.15, 0.2) is 0 Å². The van der Waals surface area contributed by atoms with Gasteiger partial charge in [0, 0.05) is 4.90 Å². The normalized spacial score (nSPS) is 8.75. The smallest absolute Gasteiger partial charge is 0.127 e. The molecule has 2 heteroatoms. The van der Waals surface area contributed by atoms with E-state index in [2.05, 4.69) is 0 Å². The lowest BCUT2D eigenvalue weighted by atomic mass is 10.2. The van der Waals surface area contributed by atoms with Crippen LogP contribution < -0.4 is 0 Å². The summed E-state index contributed by atoms with van der Waals surface area (Å²) in [4.78, 5) is 0.975. The summed E-state index contributed by atoms with van der Waals surface area (Å²) in [5, 5.41) is 0. The van der Waals surface area contributed by atoms with Gasteiger partial charge in [-0.1, -0.05) is 19.9 Å². The largest absolute Gasteiger partial charge is 0.207 e. The standard InChI is InChI=1S/C8H9FS.C2H6/c1-6-3-4-7(10-2)5-8(6)9;1-2/h3-5H,1-2H3;1-2H3. The van der Waals surface area contributed by atoms with Gasteiger partial charge in [0.25, 0.3) is 0 Å². The lowest BCUT2D eigenvalue weighted by Crippen LogP contribution is -1.80. The maximum Gasteiger partial charge on any atom is 0.127 e. The molecule has 1 rings (SSSR count). The van der Waals surface area contributed by atoms with Crippen molar-refractivity contribution in [2.75, 3.05) is 6.26 Å². The molecule has 0 spiro atoms. The average Bonchev–Trinajstić information content (AvgIpc) is 2.13. The third-order valence-corrected chi connectivity index (χ3v) is 2.10. The van der Waals surface area contributed by atoms with Crippen LogP contribution in [0.2, 0.25) is 0 Å². The summed E-state index contributed by atoms with van der Waals surface area (Å²) < 4.78 is 12.8. The molecule has 0 fully saturated rings. The Hall–Kier alpha value is -0.500. The minimum absolute atomic E-state index is 0.119. The molecule has 0 bridgehead atoms. The maximum atomic E-state index is 12.8. The van der Waals surface area contributed by atoms with Crippen molar-refractivity contribution < 1.29 is 4.39 Å². The molecule has 0 saturated heterocycles. The first-order chi connectivity index (χ1) is 5.74. The second kappa shape index (κ2) is 6.06. The molecule has 0 aromatic heterocycles. The summed E-state index contributed by atoms with van der Waals surface area (Å²) in [6, 6.07) is 5.27. The molecule has 0 amide bonds. The maximum absolute atomic E-state index is 12.8. The summed E-state index contributed by atoms with van der Waals surface area (Å²) >= 11 is 1.55. The SMILES string of the molecule is CC.CSc1ccc(C)c(F)c1. The fourth-order valence-electron chi connectivity index (χ4n) is 0.701. The van der Waals surface area contributed by atoms with Crippen molar-refractivity contribution in [3.63, 3.8) is 0 Å². The van der Waals surface area contributed by atoms with E-state index in [1.807, 2.05) is 26.2 Å². The Morgan fingerprint density at radius 2 is 1.83 bits per heavy atom. The van der Waals surface area contributed by atoms with Crippen LogP contribution in [0.3, 0.4) is 0 Å². The molecule has 1 aromatic carbocycles. The molecule has 0 N–H and O–H groups in total. The molecule has 0 aliphatic carbocycles. The topological polar surface area (TPSA) is 0 Å². The molecule has 0 atom stereocenters. The highest BCUT2D eigenvalue weighted by Gasteiger charge is 1.96. The van der Waals surface area contributed by atoms with Crippen molar-refractivity contribution >= 4 is 11.8 Å². The van der Waals surface area contributed by atoms with Crippen LogP contribution in [0.1, 0.15) is 19.4 Å². The van der Waals surface area contributed by atoms with Crippen molar-refractivity contribution in [2.45, 2.75) is 25.7 Å². The van der Waals surface area contributed by atoms with Crippen LogP contribution in [0, 0.1) is 12.7 Å². The summed E-state index contributed by atoms with van der Waals surface area (Å²) in [5.74, 6) is -0.119. The molecule has 0 nitrogen and oxygen atoms in total. The highest BCUT2D eigenvalue weighted by molar-refractivity contribution is 7.98. The summed E-state index contributed by atoms with van der Waals surface area (Å²) in [6.45, 7) is 5.76. The molecule has 68 valence electrons. The van der Waals surface area contributed by atoms with Gasteiger partial charge in [-0.15, -0.1) is 11.8 Å². The first kappa shape index (κ1) is 11.5. The minimum atomic E-state index is -0.119. The Morgan fingerprint density at radius 3 is 2.25 bits per heavy atom. The number of halogens is 1. The van der Waals surface area contributed by atoms with Crippen LogP contribution in [-0.4, -0.2) is 6.26 Å². The molecule has 0 saturated carbocycles. The van der Waals surface area contributed by atoms with E-state index in [0.717, 1.165) is 4.90 Å². The number of benzene rings is 1. The summed E-state index contributed by atoms with van der Waals surface area (Å²) in [5.41, 5.74) is 0.706. The quantitative estimate of drug-likeness (QED) is 0.600. The van der Waals surface area contributed by atoms with Gasteiger partial charge in [0.1, 0.15) is 5.82 Å². The number of rotatable bonds is 1. The van der Waals surface area contributed by atoms with Crippen molar-refractivity contribution in [2.24, 2.45) is 0 Å². The lowest BCUT2D eigenvalue weighted by molar-refractivity contribution is 0.615. The third kappa shape index (κ3) is 3.26. The number of aryl methyl sites for hydroxylation is 1. The molecule has 0 aliphatic heterocycles. The zero-order valence-electron chi connectivity index (χ0n) is 8.02. The number of hydrogen-bond donors (Lipinski definition) is 0. The summed E-state index contributed by atoms with van der Waals surface area (Å²) in [7, 11) is 0. The van der Waals surface area contributed by atoms with Crippen molar-refractivity contribution in [3.05, 3.63) is 29.6 Å². The van der Waals surface area contributed by atoms with Crippen LogP contribution in [0.4, 0.5) is 4.39 Å². The first-order valence-electron chi connectivity index (χ1n) is 4.04. The van der Waals surface area contributed by atoms with E-state index < -0.39 is 0 Å². The van der Waals surface area contributed by atoms with E-state index in [0.29, 0.717) is 5.56 Å². The van der Waals surface area contributed by atoms with E-state index >= 15 is 0 Å². The molecule has 12 heavy (non-hydrogen) atoms. The lowest BCUT2D eigenvalue weighted by Gasteiger charge is -1.97. The predicted molar refractivity (Wildman–Crippen MR) is 54.3 cm³/mol.